The third-order valence-electron chi connectivity index (χ3n) is 5.28. The molecule has 0 radical (unpaired) electrons. The Kier molecular flexibility index (Phi) is 9.44. The fraction of sp³-hybridized carbons (Fsp3) is 0.0690. The molecule has 10 heteroatoms. The van der Waals surface area contributed by atoms with E-state index < -0.39 is 11.8 Å². The lowest BCUT2D eigenvalue weighted by Gasteiger charge is -2.12. The van der Waals surface area contributed by atoms with Gasteiger partial charge in [-0.15, -0.1) is 11.8 Å². The summed E-state index contributed by atoms with van der Waals surface area (Å²) in [7, 11) is 1.51. The van der Waals surface area contributed by atoms with Gasteiger partial charge in [-0.3, -0.25) is 14.4 Å². The Morgan fingerprint density at radius 1 is 0.949 bits per heavy atom. The summed E-state index contributed by atoms with van der Waals surface area (Å²) < 4.78 is 10.6. The van der Waals surface area contributed by atoms with Crippen LogP contribution in [0, 0.1) is 0 Å². The number of carbonyl (C=O) groups excluding carboxylic acids is 3. The molecule has 0 spiro atoms. The second kappa shape index (κ2) is 13.4. The summed E-state index contributed by atoms with van der Waals surface area (Å²) in [6.45, 7) is 0. The number of hydrogen-bond acceptors (Lipinski definition) is 6. The molecular formula is C29H24ClN3O5S. The largest absolute Gasteiger partial charge is 0.495 e. The van der Waals surface area contributed by atoms with Crippen molar-refractivity contribution in [2.24, 2.45) is 0 Å². The SMILES string of the molecule is COc1ccc(Cl)cc1NC(=O)CSc1ccc(NC(=O)/C(=C/c2ccco2)NC(=O)c2ccccc2)cc1. The molecule has 3 N–H and O–H groups in total. The van der Waals surface area contributed by atoms with Gasteiger partial charge in [0.25, 0.3) is 11.8 Å². The molecule has 0 aliphatic heterocycles. The predicted molar refractivity (Wildman–Crippen MR) is 153 cm³/mol. The number of methoxy groups -OCH3 is 1. The molecule has 1 heterocycles. The summed E-state index contributed by atoms with van der Waals surface area (Å²) in [6, 6.07) is 23.9. The fourth-order valence-electron chi connectivity index (χ4n) is 3.40. The summed E-state index contributed by atoms with van der Waals surface area (Å²) >= 11 is 7.35. The van der Waals surface area contributed by atoms with Crippen molar-refractivity contribution in [3.63, 3.8) is 0 Å². The normalized spacial score (nSPS) is 11.0. The van der Waals surface area contributed by atoms with Crippen molar-refractivity contribution in [3.05, 3.63) is 113 Å². The van der Waals surface area contributed by atoms with Crippen LogP contribution in [0.3, 0.4) is 0 Å². The first-order chi connectivity index (χ1) is 18.9. The number of thioether (sulfide) groups is 1. The third-order valence-corrected chi connectivity index (χ3v) is 6.52. The maximum Gasteiger partial charge on any atom is 0.272 e. The highest BCUT2D eigenvalue weighted by Gasteiger charge is 2.16. The van der Waals surface area contributed by atoms with Gasteiger partial charge in [-0.05, 0) is 66.7 Å². The van der Waals surface area contributed by atoms with E-state index in [0.717, 1.165) is 4.90 Å². The molecule has 0 aliphatic carbocycles. The number of hydrogen-bond donors (Lipinski definition) is 3. The Hall–Kier alpha value is -4.47. The molecule has 0 bridgehead atoms. The molecule has 0 atom stereocenters. The van der Waals surface area contributed by atoms with Crippen LogP contribution in [-0.4, -0.2) is 30.6 Å². The van der Waals surface area contributed by atoms with Crippen LogP contribution >= 0.6 is 23.4 Å². The van der Waals surface area contributed by atoms with Crippen LogP contribution in [0.25, 0.3) is 6.08 Å². The predicted octanol–water partition coefficient (Wildman–Crippen LogP) is 6.08. The van der Waals surface area contributed by atoms with Crippen LogP contribution in [-0.2, 0) is 9.59 Å². The number of ether oxygens (including phenoxy) is 1. The summed E-state index contributed by atoms with van der Waals surface area (Å²) in [5.74, 6) is -0.0925. The maximum atomic E-state index is 13.0. The summed E-state index contributed by atoms with van der Waals surface area (Å²) in [5, 5.41) is 8.70. The van der Waals surface area contributed by atoms with E-state index in [2.05, 4.69) is 16.0 Å². The Balaban J connectivity index is 1.37. The lowest BCUT2D eigenvalue weighted by Crippen LogP contribution is -2.30. The Labute approximate surface area is 234 Å². The Bertz CT molecular complexity index is 1470. The average molecular weight is 562 g/mol. The smallest absolute Gasteiger partial charge is 0.272 e. The molecule has 4 rings (SSSR count). The van der Waals surface area contributed by atoms with Gasteiger partial charge in [-0.25, -0.2) is 0 Å². The number of benzene rings is 3. The molecule has 1 aromatic heterocycles. The zero-order chi connectivity index (χ0) is 27.6. The lowest BCUT2D eigenvalue weighted by atomic mass is 10.2. The van der Waals surface area contributed by atoms with Crippen molar-refractivity contribution in [1.82, 2.24) is 5.32 Å². The second-order valence-electron chi connectivity index (χ2n) is 8.05. The van der Waals surface area contributed by atoms with E-state index in [-0.39, 0.29) is 17.4 Å². The number of carbonyl (C=O) groups is 3. The van der Waals surface area contributed by atoms with Crippen LogP contribution in [0.5, 0.6) is 5.75 Å². The Morgan fingerprint density at radius 2 is 1.72 bits per heavy atom. The molecule has 4 aromatic rings. The van der Waals surface area contributed by atoms with E-state index >= 15 is 0 Å². The topological polar surface area (TPSA) is 110 Å². The molecule has 8 nitrogen and oxygen atoms in total. The Morgan fingerprint density at radius 3 is 2.41 bits per heavy atom. The van der Waals surface area contributed by atoms with E-state index in [1.165, 1.54) is 31.2 Å². The molecule has 0 aliphatic rings. The van der Waals surface area contributed by atoms with Crippen LogP contribution in [0.1, 0.15) is 16.1 Å². The van der Waals surface area contributed by atoms with Crippen LogP contribution < -0.4 is 20.7 Å². The number of nitrogens with one attached hydrogen (secondary N) is 3. The summed E-state index contributed by atoms with van der Waals surface area (Å²) in [6.07, 6.45) is 2.93. The van der Waals surface area contributed by atoms with Gasteiger partial charge >= 0.3 is 0 Å². The van der Waals surface area contributed by atoms with Crippen molar-refractivity contribution < 1.29 is 23.5 Å². The number of halogens is 1. The third kappa shape index (κ3) is 8.00. The van der Waals surface area contributed by atoms with Gasteiger partial charge in [0.1, 0.15) is 17.2 Å². The molecule has 3 aromatic carbocycles. The zero-order valence-electron chi connectivity index (χ0n) is 20.8. The van der Waals surface area contributed by atoms with Crippen molar-refractivity contribution in [1.29, 1.82) is 0 Å². The van der Waals surface area contributed by atoms with E-state index in [4.69, 9.17) is 20.8 Å². The van der Waals surface area contributed by atoms with Crippen LogP contribution in [0.2, 0.25) is 5.02 Å². The minimum Gasteiger partial charge on any atom is -0.495 e. The van der Waals surface area contributed by atoms with E-state index in [1.807, 2.05) is 0 Å². The van der Waals surface area contributed by atoms with Crippen molar-refractivity contribution in [2.75, 3.05) is 23.5 Å². The van der Waals surface area contributed by atoms with Crippen LogP contribution in [0.15, 0.2) is 106 Å². The van der Waals surface area contributed by atoms with E-state index in [1.54, 1.807) is 84.9 Å². The maximum absolute atomic E-state index is 13.0. The first-order valence-electron chi connectivity index (χ1n) is 11.7. The standard InChI is InChI=1S/C29H24ClN3O5S/c1-37-26-14-9-20(30)16-24(26)32-27(34)18-39-23-12-10-21(11-13-23)31-29(36)25(17-22-8-5-15-38-22)33-28(35)19-6-3-2-4-7-19/h2-17H,18H2,1H3,(H,31,36)(H,32,34)(H,33,35)/b25-17-. The van der Waals surface area contributed by atoms with Crippen molar-refractivity contribution >= 4 is 58.5 Å². The highest BCUT2D eigenvalue weighted by atomic mass is 35.5. The number of rotatable bonds is 10. The zero-order valence-corrected chi connectivity index (χ0v) is 22.3. The highest BCUT2D eigenvalue weighted by Crippen LogP contribution is 2.28. The molecule has 0 saturated carbocycles. The molecule has 3 amide bonds. The molecular weight excluding hydrogens is 538 g/mol. The van der Waals surface area contributed by atoms with Gasteiger partial charge < -0.3 is 25.1 Å². The van der Waals surface area contributed by atoms with Crippen molar-refractivity contribution in [3.8, 4) is 5.75 Å². The van der Waals surface area contributed by atoms with Gasteiger partial charge in [0.15, 0.2) is 0 Å². The van der Waals surface area contributed by atoms with Gasteiger partial charge in [0, 0.05) is 27.2 Å². The van der Waals surface area contributed by atoms with Gasteiger partial charge in [-0.2, -0.15) is 0 Å². The summed E-state index contributed by atoms with van der Waals surface area (Å²) in [5.41, 5.74) is 1.43. The molecule has 39 heavy (non-hydrogen) atoms. The first kappa shape index (κ1) is 27.6. The van der Waals surface area contributed by atoms with Gasteiger partial charge in [0.2, 0.25) is 5.91 Å². The van der Waals surface area contributed by atoms with Gasteiger partial charge in [0.05, 0.1) is 24.8 Å². The second-order valence-corrected chi connectivity index (χ2v) is 9.54. The number of anilines is 2. The minimum atomic E-state index is -0.522. The number of amides is 3. The van der Waals surface area contributed by atoms with Gasteiger partial charge in [-0.1, -0.05) is 29.8 Å². The highest BCUT2D eigenvalue weighted by molar-refractivity contribution is 8.00. The average Bonchev–Trinajstić information content (AvgIpc) is 3.46. The molecule has 0 fully saturated rings. The fourth-order valence-corrected chi connectivity index (χ4v) is 4.27. The van der Waals surface area contributed by atoms with Crippen LogP contribution in [0.4, 0.5) is 11.4 Å². The van der Waals surface area contributed by atoms with Crippen molar-refractivity contribution in [2.45, 2.75) is 4.90 Å². The monoisotopic (exact) mass is 561 g/mol. The molecule has 198 valence electrons. The quantitative estimate of drug-likeness (QED) is 0.160. The number of furan rings is 1. The minimum absolute atomic E-state index is 0.0189. The van der Waals surface area contributed by atoms with E-state index in [0.29, 0.717) is 33.5 Å². The lowest BCUT2D eigenvalue weighted by molar-refractivity contribution is -0.114. The molecule has 0 unspecified atom stereocenters. The molecule has 0 saturated heterocycles. The van der Waals surface area contributed by atoms with E-state index in [9.17, 15) is 14.4 Å². The summed E-state index contributed by atoms with van der Waals surface area (Å²) in [4.78, 5) is 39.0. The first-order valence-corrected chi connectivity index (χ1v) is 13.1.